The van der Waals surface area contributed by atoms with E-state index in [1.807, 2.05) is 12.1 Å². The van der Waals surface area contributed by atoms with Gasteiger partial charge in [-0.3, -0.25) is 0 Å². The Bertz CT molecular complexity index is 391. The van der Waals surface area contributed by atoms with Crippen LogP contribution in [0.1, 0.15) is 18.4 Å². The Kier molecular flexibility index (Phi) is 2.03. The SMILES string of the molecule is C1=CC2(CCCNC2)Oc2ccccc21. The van der Waals surface area contributed by atoms with Gasteiger partial charge in [-0.15, -0.1) is 0 Å². The molecule has 2 aliphatic heterocycles. The number of fused-ring (bicyclic) bond motifs is 1. The van der Waals surface area contributed by atoms with Crippen molar-refractivity contribution in [1.82, 2.24) is 5.32 Å². The van der Waals surface area contributed by atoms with Gasteiger partial charge in [-0.25, -0.2) is 0 Å². The summed E-state index contributed by atoms with van der Waals surface area (Å²) in [5.74, 6) is 1.02. The van der Waals surface area contributed by atoms with Gasteiger partial charge < -0.3 is 10.1 Å². The zero-order valence-electron chi connectivity index (χ0n) is 8.70. The van der Waals surface area contributed by atoms with Crippen LogP contribution in [0.25, 0.3) is 6.08 Å². The molecule has 1 N–H and O–H groups in total. The fourth-order valence-electron chi connectivity index (χ4n) is 2.34. The van der Waals surface area contributed by atoms with Gasteiger partial charge in [0.2, 0.25) is 0 Å². The smallest absolute Gasteiger partial charge is 0.140 e. The van der Waals surface area contributed by atoms with Gasteiger partial charge in [0.25, 0.3) is 0 Å². The van der Waals surface area contributed by atoms with Crippen molar-refractivity contribution in [2.24, 2.45) is 0 Å². The lowest BCUT2D eigenvalue weighted by Crippen LogP contribution is -2.49. The lowest BCUT2D eigenvalue weighted by Gasteiger charge is -2.38. The summed E-state index contributed by atoms with van der Waals surface area (Å²) in [4.78, 5) is 0. The van der Waals surface area contributed by atoms with Crippen LogP contribution < -0.4 is 10.1 Å². The molecule has 2 heteroatoms. The van der Waals surface area contributed by atoms with E-state index in [9.17, 15) is 0 Å². The van der Waals surface area contributed by atoms with Crippen LogP contribution in [0.2, 0.25) is 0 Å². The van der Waals surface area contributed by atoms with Crippen molar-refractivity contribution >= 4 is 6.08 Å². The largest absolute Gasteiger partial charge is 0.481 e. The molecule has 0 saturated carbocycles. The van der Waals surface area contributed by atoms with Gasteiger partial charge in [0.05, 0.1) is 0 Å². The van der Waals surface area contributed by atoms with Gasteiger partial charge in [0.1, 0.15) is 11.4 Å². The lowest BCUT2D eigenvalue weighted by atomic mass is 9.90. The molecular formula is C13H15NO. The molecule has 1 fully saturated rings. The van der Waals surface area contributed by atoms with Crippen LogP contribution in [0.5, 0.6) is 5.75 Å². The van der Waals surface area contributed by atoms with E-state index in [1.54, 1.807) is 0 Å². The third-order valence-electron chi connectivity index (χ3n) is 3.18. The Morgan fingerprint density at radius 1 is 1.27 bits per heavy atom. The Balaban J connectivity index is 1.94. The van der Waals surface area contributed by atoms with Crippen molar-refractivity contribution in [3.8, 4) is 5.75 Å². The second kappa shape index (κ2) is 3.38. The summed E-state index contributed by atoms with van der Waals surface area (Å²) in [6.45, 7) is 2.04. The van der Waals surface area contributed by atoms with E-state index >= 15 is 0 Å². The fourth-order valence-corrected chi connectivity index (χ4v) is 2.34. The first kappa shape index (κ1) is 8.98. The minimum atomic E-state index is -0.0907. The molecule has 2 aliphatic rings. The minimum absolute atomic E-state index is 0.0907. The lowest BCUT2D eigenvalue weighted by molar-refractivity contribution is 0.0879. The van der Waals surface area contributed by atoms with Crippen molar-refractivity contribution in [2.45, 2.75) is 18.4 Å². The predicted molar refractivity (Wildman–Crippen MR) is 60.9 cm³/mol. The molecule has 1 aromatic rings. The number of para-hydroxylation sites is 1. The van der Waals surface area contributed by atoms with Crippen LogP contribution in [0, 0.1) is 0 Å². The van der Waals surface area contributed by atoms with E-state index in [2.05, 4.69) is 29.6 Å². The van der Waals surface area contributed by atoms with Gasteiger partial charge in [0.15, 0.2) is 0 Å². The molecule has 2 nitrogen and oxygen atoms in total. The van der Waals surface area contributed by atoms with Crippen molar-refractivity contribution < 1.29 is 4.74 Å². The molecule has 1 atom stereocenters. The molecule has 1 spiro atoms. The Hall–Kier alpha value is -1.28. The van der Waals surface area contributed by atoms with Crippen LogP contribution in [0.3, 0.4) is 0 Å². The highest BCUT2D eigenvalue weighted by atomic mass is 16.5. The van der Waals surface area contributed by atoms with Gasteiger partial charge in [-0.1, -0.05) is 24.3 Å². The summed E-state index contributed by atoms with van der Waals surface area (Å²) in [6.07, 6.45) is 6.70. The maximum atomic E-state index is 6.11. The van der Waals surface area contributed by atoms with Crippen molar-refractivity contribution in [3.63, 3.8) is 0 Å². The molecule has 0 aromatic heterocycles. The van der Waals surface area contributed by atoms with Crippen molar-refractivity contribution in [2.75, 3.05) is 13.1 Å². The minimum Gasteiger partial charge on any atom is -0.481 e. The third kappa shape index (κ3) is 1.55. The van der Waals surface area contributed by atoms with E-state index in [4.69, 9.17) is 4.74 Å². The molecule has 0 radical (unpaired) electrons. The second-order valence-electron chi connectivity index (χ2n) is 4.32. The van der Waals surface area contributed by atoms with Gasteiger partial charge in [0, 0.05) is 12.1 Å². The molecule has 78 valence electrons. The van der Waals surface area contributed by atoms with Crippen molar-refractivity contribution in [3.05, 3.63) is 35.9 Å². The van der Waals surface area contributed by atoms with E-state index in [0.717, 1.165) is 25.3 Å². The number of rotatable bonds is 0. The highest BCUT2D eigenvalue weighted by Gasteiger charge is 2.33. The summed E-state index contributed by atoms with van der Waals surface area (Å²) in [6, 6.07) is 8.22. The van der Waals surface area contributed by atoms with Crippen LogP contribution in [-0.4, -0.2) is 18.7 Å². The maximum Gasteiger partial charge on any atom is 0.140 e. The van der Waals surface area contributed by atoms with Crippen LogP contribution in [-0.2, 0) is 0 Å². The monoisotopic (exact) mass is 201 g/mol. The van der Waals surface area contributed by atoms with Gasteiger partial charge >= 0.3 is 0 Å². The Morgan fingerprint density at radius 2 is 2.20 bits per heavy atom. The van der Waals surface area contributed by atoms with Crippen LogP contribution in [0.15, 0.2) is 30.3 Å². The van der Waals surface area contributed by atoms with E-state index in [-0.39, 0.29) is 5.60 Å². The zero-order chi connectivity index (χ0) is 10.1. The Morgan fingerprint density at radius 3 is 3.07 bits per heavy atom. The summed E-state index contributed by atoms with van der Waals surface area (Å²) < 4.78 is 6.11. The normalized spacial score (nSPS) is 28.5. The first-order valence-corrected chi connectivity index (χ1v) is 5.56. The number of hydrogen-bond acceptors (Lipinski definition) is 2. The third-order valence-corrected chi connectivity index (χ3v) is 3.18. The topological polar surface area (TPSA) is 21.3 Å². The van der Waals surface area contributed by atoms with E-state index in [0.29, 0.717) is 0 Å². The number of ether oxygens (including phenoxy) is 1. The highest BCUT2D eigenvalue weighted by molar-refractivity contribution is 5.61. The first-order valence-electron chi connectivity index (χ1n) is 5.56. The summed E-state index contributed by atoms with van der Waals surface area (Å²) >= 11 is 0. The van der Waals surface area contributed by atoms with Gasteiger partial charge in [-0.2, -0.15) is 0 Å². The molecule has 15 heavy (non-hydrogen) atoms. The van der Waals surface area contributed by atoms with Crippen molar-refractivity contribution in [1.29, 1.82) is 0 Å². The quantitative estimate of drug-likeness (QED) is 0.695. The average molecular weight is 201 g/mol. The predicted octanol–water partition coefficient (Wildman–Crippen LogP) is 2.21. The summed E-state index contributed by atoms with van der Waals surface area (Å²) in [5, 5.41) is 3.40. The maximum absolute atomic E-state index is 6.11. The fraction of sp³-hybridized carbons (Fsp3) is 0.385. The summed E-state index contributed by atoms with van der Waals surface area (Å²) in [7, 11) is 0. The standard InChI is InChI=1S/C13H15NO/c1-2-5-12-11(4-1)6-8-13(15-12)7-3-9-14-10-13/h1-2,4-6,8,14H,3,7,9-10H2. The molecule has 0 amide bonds. The highest BCUT2D eigenvalue weighted by Crippen LogP contribution is 2.33. The molecule has 3 rings (SSSR count). The molecule has 2 heterocycles. The average Bonchev–Trinajstić information content (AvgIpc) is 2.30. The number of piperidine rings is 1. The number of benzene rings is 1. The van der Waals surface area contributed by atoms with E-state index < -0.39 is 0 Å². The summed E-state index contributed by atoms with van der Waals surface area (Å²) in [5.41, 5.74) is 1.10. The molecule has 1 aromatic carbocycles. The number of nitrogens with one attached hydrogen (secondary N) is 1. The molecule has 1 unspecified atom stereocenters. The molecule has 1 saturated heterocycles. The second-order valence-corrected chi connectivity index (χ2v) is 4.32. The first-order chi connectivity index (χ1) is 7.38. The van der Waals surface area contributed by atoms with Gasteiger partial charge in [-0.05, 0) is 31.5 Å². The van der Waals surface area contributed by atoms with Crippen LogP contribution >= 0.6 is 0 Å². The Labute approximate surface area is 89.9 Å². The zero-order valence-corrected chi connectivity index (χ0v) is 8.70. The van der Waals surface area contributed by atoms with E-state index in [1.165, 1.54) is 12.0 Å². The van der Waals surface area contributed by atoms with Crippen LogP contribution in [0.4, 0.5) is 0 Å². The number of hydrogen-bond donors (Lipinski definition) is 1. The molecular weight excluding hydrogens is 186 g/mol. The molecule has 0 bridgehead atoms. The molecule has 0 aliphatic carbocycles.